The number of thioether (sulfide) groups is 1. The lowest BCUT2D eigenvalue weighted by Gasteiger charge is -2.22. The van der Waals surface area contributed by atoms with Gasteiger partial charge >= 0.3 is 0 Å². The van der Waals surface area contributed by atoms with Crippen LogP contribution in [-0.2, 0) is 4.79 Å². The van der Waals surface area contributed by atoms with Crippen LogP contribution in [0.1, 0.15) is 10.9 Å². The number of rotatable bonds is 3. The predicted molar refractivity (Wildman–Crippen MR) is 121 cm³/mol. The van der Waals surface area contributed by atoms with Crippen molar-refractivity contribution < 1.29 is 9.53 Å². The molecule has 4 aromatic rings. The van der Waals surface area contributed by atoms with Gasteiger partial charge in [0.15, 0.2) is 5.13 Å². The second-order valence-corrected chi connectivity index (χ2v) is 9.33. The Hall–Kier alpha value is -2.06. The molecule has 0 bridgehead atoms. The van der Waals surface area contributed by atoms with Gasteiger partial charge in [-0.2, -0.15) is 0 Å². The summed E-state index contributed by atoms with van der Waals surface area (Å²) in [5, 5.41) is 2.25. The van der Waals surface area contributed by atoms with E-state index >= 15 is 0 Å². The number of fused-ring (bicyclic) bond motifs is 2. The minimum atomic E-state index is -0.297. The Bertz CT molecular complexity index is 1280. The summed E-state index contributed by atoms with van der Waals surface area (Å²) in [6, 6.07) is 13.1. The molecular formula is C20H13Cl2N3O2S2. The molecule has 9 heteroatoms. The number of amides is 1. The Morgan fingerprint density at radius 2 is 1.93 bits per heavy atom. The number of hydrogen-bond donors (Lipinski definition) is 0. The monoisotopic (exact) mass is 461 g/mol. The van der Waals surface area contributed by atoms with Gasteiger partial charge in [-0.3, -0.25) is 9.69 Å². The quantitative estimate of drug-likeness (QED) is 0.353. The number of pyridine rings is 1. The van der Waals surface area contributed by atoms with E-state index in [-0.39, 0.29) is 11.3 Å². The first-order valence-corrected chi connectivity index (χ1v) is 11.3. The summed E-state index contributed by atoms with van der Waals surface area (Å²) in [5.74, 6) is 1.09. The number of methoxy groups -OCH3 is 1. The molecule has 2 aromatic carbocycles. The summed E-state index contributed by atoms with van der Waals surface area (Å²) in [4.78, 5) is 23.6. The number of halogens is 2. The maximum atomic E-state index is 12.7. The van der Waals surface area contributed by atoms with Crippen LogP contribution in [0, 0.1) is 0 Å². The van der Waals surface area contributed by atoms with Crippen LogP contribution >= 0.6 is 46.3 Å². The summed E-state index contributed by atoms with van der Waals surface area (Å²) in [6.45, 7) is 0. The average Bonchev–Trinajstić information content (AvgIpc) is 3.29. The van der Waals surface area contributed by atoms with Crippen molar-refractivity contribution in [3.8, 4) is 5.75 Å². The largest absolute Gasteiger partial charge is 0.497 e. The molecule has 0 radical (unpaired) electrons. The zero-order valence-corrected chi connectivity index (χ0v) is 18.2. The maximum absolute atomic E-state index is 12.7. The van der Waals surface area contributed by atoms with Crippen LogP contribution in [0.3, 0.4) is 0 Å². The van der Waals surface area contributed by atoms with Crippen molar-refractivity contribution >= 4 is 78.5 Å². The molecule has 1 saturated heterocycles. The van der Waals surface area contributed by atoms with Gasteiger partial charge < -0.3 is 4.74 Å². The van der Waals surface area contributed by atoms with Gasteiger partial charge in [0.05, 0.1) is 28.6 Å². The van der Waals surface area contributed by atoms with Gasteiger partial charge in [-0.15, -0.1) is 11.8 Å². The number of anilines is 1. The van der Waals surface area contributed by atoms with Crippen LogP contribution < -0.4 is 9.64 Å². The third-order valence-electron chi connectivity index (χ3n) is 4.68. The third kappa shape index (κ3) is 3.32. The molecule has 0 N–H and O–H groups in total. The standard InChI is InChI=1S/C20H13Cl2N3O2S2/c1-27-12-3-5-14-10(6-12)7-13(18(22)23-14)19-25(17(26)9-28-19)20-24-15-4-2-11(21)8-16(15)29-20/h2-8,19H,9H2,1H3. The lowest BCUT2D eigenvalue weighted by atomic mass is 10.1. The molecule has 29 heavy (non-hydrogen) atoms. The van der Waals surface area contributed by atoms with Crippen LogP contribution in [0.15, 0.2) is 42.5 Å². The van der Waals surface area contributed by atoms with E-state index in [0.717, 1.165) is 32.4 Å². The highest BCUT2D eigenvalue weighted by Crippen LogP contribution is 2.46. The first-order chi connectivity index (χ1) is 14.0. The van der Waals surface area contributed by atoms with E-state index in [0.29, 0.717) is 21.1 Å². The fourth-order valence-electron chi connectivity index (χ4n) is 3.30. The van der Waals surface area contributed by atoms with Crippen molar-refractivity contribution in [1.82, 2.24) is 9.97 Å². The van der Waals surface area contributed by atoms with Crippen LogP contribution in [0.25, 0.3) is 21.1 Å². The lowest BCUT2D eigenvalue weighted by Crippen LogP contribution is -2.27. The summed E-state index contributed by atoms with van der Waals surface area (Å²) in [7, 11) is 1.62. The zero-order chi connectivity index (χ0) is 20.1. The first-order valence-electron chi connectivity index (χ1n) is 8.67. The Morgan fingerprint density at radius 1 is 1.10 bits per heavy atom. The van der Waals surface area contributed by atoms with E-state index in [2.05, 4.69) is 9.97 Å². The molecule has 1 fully saturated rings. The molecule has 1 amide bonds. The van der Waals surface area contributed by atoms with Gasteiger partial charge in [-0.1, -0.05) is 34.5 Å². The minimum Gasteiger partial charge on any atom is -0.497 e. The molecule has 5 nitrogen and oxygen atoms in total. The molecule has 0 spiro atoms. The number of carbonyl (C=O) groups excluding carboxylic acids is 1. The SMILES string of the molecule is COc1ccc2nc(Cl)c(C3SCC(=O)N3c3nc4ccc(Cl)cc4s3)cc2c1. The van der Waals surface area contributed by atoms with Crippen molar-refractivity contribution in [2.75, 3.05) is 17.8 Å². The summed E-state index contributed by atoms with van der Waals surface area (Å²) < 4.78 is 6.25. The van der Waals surface area contributed by atoms with E-state index in [1.807, 2.05) is 36.4 Å². The van der Waals surface area contributed by atoms with Crippen molar-refractivity contribution in [1.29, 1.82) is 0 Å². The van der Waals surface area contributed by atoms with E-state index < -0.39 is 0 Å². The Morgan fingerprint density at radius 3 is 2.76 bits per heavy atom. The molecular weight excluding hydrogens is 449 g/mol. The molecule has 1 unspecified atom stereocenters. The molecule has 0 saturated carbocycles. The summed E-state index contributed by atoms with van der Waals surface area (Å²) >= 11 is 15.6. The molecule has 1 aliphatic heterocycles. The molecule has 2 aromatic heterocycles. The van der Waals surface area contributed by atoms with Gasteiger partial charge in [-0.25, -0.2) is 9.97 Å². The van der Waals surface area contributed by atoms with E-state index in [9.17, 15) is 4.79 Å². The number of aromatic nitrogens is 2. The number of thiazole rings is 1. The molecule has 3 heterocycles. The van der Waals surface area contributed by atoms with Gasteiger partial charge in [0.2, 0.25) is 5.91 Å². The summed E-state index contributed by atoms with van der Waals surface area (Å²) in [5.41, 5.74) is 2.36. The first kappa shape index (κ1) is 18.9. The number of ether oxygens (including phenoxy) is 1. The fraction of sp³-hybridized carbons (Fsp3) is 0.150. The smallest absolute Gasteiger partial charge is 0.240 e. The van der Waals surface area contributed by atoms with Crippen LogP contribution in [0.4, 0.5) is 5.13 Å². The average molecular weight is 462 g/mol. The highest BCUT2D eigenvalue weighted by Gasteiger charge is 2.37. The van der Waals surface area contributed by atoms with Gasteiger partial charge in [0.25, 0.3) is 0 Å². The van der Waals surface area contributed by atoms with Gasteiger partial charge in [0, 0.05) is 16.0 Å². The van der Waals surface area contributed by atoms with Crippen molar-refractivity contribution in [2.45, 2.75) is 5.37 Å². The van der Waals surface area contributed by atoms with E-state index in [1.165, 1.54) is 23.1 Å². The number of benzene rings is 2. The topological polar surface area (TPSA) is 55.3 Å². The van der Waals surface area contributed by atoms with E-state index in [1.54, 1.807) is 18.1 Å². The molecule has 0 aliphatic carbocycles. The molecule has 1 aliphatic rings. The highest BCUT2D eigenvalue weighted by atomic mass is 35.5. The Kier molecular flexibility index (Phi) is 4.78. The lowest BCUT2D eigenvalue weighted by molar-refractivity contribution is -0.115. The Labute approximate surface area is 184 Å². The number of nitrogens with zero attached hydrogens (tertiary/aromatic N) is 3. The Balaban J connectivity index is 1.61. The van der Waals surface area contributed by atoms with Crippen molar-refractivity contribution in [3.63, 3.8) is 0 Å². The van der Waals surface area contributed by atoms with Crippen molar-refractivity contribution in [2.24, 2.45) is 0 Å². The van der Waals surface area contributed by atoms with Gasteiger partial charge in [0.1, 0.15) is 16.3 Å². The second kappa shape index (κ2) is 7.32. The molecule has 5 rings (SSSR count). The third-order valence-corrected chi connectivity index (χ3v) is 7.43. The maximum Gasteiger partial charge on any atom is 0.240 e. The number of carbonyl (C=O) groups is 1. The number of hydrogen-bond acceptors (Lipinski definition) is 6. The fourth-order valence-corrected chi connectivity index (χ4v) is 6.13. The summed E-state index contributed by atoms with van der Waals surface area (Å²) in [6.07, 6.45) is 0. The van der Waals surface area contributed by atoms with Crippen LogP contribution in [-0.4, -0.2) is 28.7 Å². The molecule has 146 valence electrons. The van der Waals surface area contributed by atoms with Crippen LogP contribution in [0.5, 0.6) is 5.75 Å². The highest BCUT2D eigenvalue weighted by molar-refractivity contribution is 8.00. The zero-order valence-electron chi connectivity index (χ0n) is 15.1. The second-order valence-electron chi connectivity index (χ2n) is 6.46. The minimum absolute atomic E-state index is 0.00745. The van der Waals surface area contributed by atoms with E-state index in [4.69, 9.17) is 27.9 Å². The van der Waals surface area contributed by atoms with Crippen LogP contribution in [0.2, 0.25) is 10.2 Å². The molecule has 1 atom stereocenters. The normalized spacial score (nSPS) is 16.9. The van der Waals surface area contributed by atoms with Crippen molar-refractivity contribution in [3.05, 3.63) is 58.2 Å². The predicted octanol–water partition coefficient (Wildman–Crippen LogP) is 5.94. The van der Waals surface area contributed by atoms with Gasteiger partial charge in [-0.05, 0) is 42.5 Å².